The highest BCUT2D eigenvalue weighted by molar-refractivity contribution is 5.87. The minimum absolute atomic E-state index is 0.0695. The first-order valence-electron chi connectivity index (χ1n) is 10.7. The van der Waals surface area contributed by atoms with E-state index in [4.69, 9.17) is 4.74 Å². The third-order valence-corrected chi connectivity index (χ3v) is 9.22. The van der Waals surface area contributed by atoms with Gasteiger partial charge in [-0.2, -0.15) is 13.2 Å². The van der Waals surface area contributed by atoms with Crippen LogP contribution >= 0.6 is 0 Å². The van der Waals surface area contributed by atoms with E-state index in [1.54, 1.807) is 6.92 Å². The SMILES string of the molecule is C[C@@]1(OC(=O)C(F)(F)F)CC[C@@]2(C)[C@@H](CC[C@@H]3[C@@H]2CC[C@]2(C)C(=O)CC[C@@H]32)C1. The Bertz CT molecular complexity index is 689. The van der Waals surface area contributed by atoms with Gasteiger partial charge in [0.15, 0.2) is 0 Å². The first-order valence-corrected chi connectivity index (χ1v) is 10.7. The largest absolute Gasteiger partial charge is 0.490 e. The lowest BCUT2D eigenvalue weighted by molar-refractivity contribution is -0.223. The highest BCUT2D eigenvalue weighted by atomic mass is 19.4. The summed E-state index contributed by atoms with van der Waals surface area (Å²) in [7, 11) is 0. The van der Waals surface area contributed by atoms with Gasteiger partial charge in [0, 0.05) is 11.8 Å². The van der Waals surface area contributed by atoms with Gasteiger partial charge in [-0.25, -0.2) is 4.79 Å². The number of hydrogen-bond donors (Lipinski definition) is 0. The molecule has 0 unspecified atom stereocenters. The van der Waals surface area contributed by atoms with Gasteiger partial charge >= 0.3 is 12.1 Å². The average molecular weight is 400 g/mol. The van der Waals surface area contributed by atoms with Crippen LogP contribution in [0, 0.1) is 34.5 Å². The summed E-state index contributed by atoms with van der Waals surface area (Å²) in [6, 6.07) is 0. The number of Topliss-reactive ketones (excluding diaryl/α,β-unsaturated/α-hetero) is 1. The molecule has 158 valence electrons. The maximum absolute atomic E-state index is 12.7. The second kappa shape index (κ2) is 6.21. The number of ether oxygens (including phenoxy) is 1. The molecule has 0 saturated heterocycles. The Balaban J connectivity index is 1.52. The lowest BCUT2D eigenvalue weighted by atomic mass is 9.44. The van der Waals surface area contributed by atoms with Gasteiger partial charge < -0.3 is 4.74 Å². The molecule has 4 fully saturated rings. The Morgan fingerprint density at radius 2 is 1.71 bits per heavy atom. The third kappa shape index (κ3) is 2.92. The molecule has 4 aliphatic carbocycles. The fraction of sp³-hybridized carbons (Fsp3) is 0.909. The fourth-order valence-electron chi connectivity index (χ4n) is 7.56. The normalized spacial score (nSPS) is 48.4. The van der Waals surface area contributed by atoms with Crippen molar-refractivity contribution in [1.82, 2.24) is 0 Å². The molecule has 0 aromatic rings. The number of carbonyl (C=O) groups excluding carboxylic acids is 2. The van der Waals surface area contributed by atoms with Gasteiger partial charge in [0.05, 0.1) is 0 Å². The van der Waals surface area contributed by atoms with Gasteiger partial charge in [0.1, 0.15) is 11.4 Å². The van der Waals surface area contributed by atoms with Gasteiger partial charge in [-0.15, -0.1) is 0 Å². The van der Waals surface area contributed by atoms with E-state index in [2.05, 4.69) is 13.8 Å². The molecule has 0 spiro atoms. The van der Waals surface area contributed by atoms with E-state index in [1.165, 1.54) is 0 Å². The molecule has 0 aromatic heterocycles. The summed E-state index contributed by atoms with van der Waals surface area (Å²) < 4.78 is 43.0. The van der Waals surface area contributed by atoms with E-state index in [0.29, 0.717) is 42.8 Å². The van der Waals surface area contributed by atoms with Gasteiger partial charge in [0.25, 0.3) is 0 Å². The molecule has 0 amide bonds. The number of alkyl halides is 3. The summed E-state index contributed by atoms with van der Waals surface area (Å²) in [5.74, 6) is 0.179. The van der Waals surface area contributed by atoms with Crippen LogP contribution in [0.1, 0.15) is 78.6 Å². The number of ketones is 1. The Kier molecular flexibility index (Phi) is 4.49. The molecule has 4 rings (SSSR count). The zero-order valence-electron chi connectivity index (χ0n) is 17.0. The van der Waals surface area contributed by atoms with E-state index in [9.17, 15) is 22.8 Å². The van der Waals surface area contributed by atoms with E-state index in [-0.39, 0.29) is 16.7 Å². The van der Waals surface area contributed by atoms with Gasteiger partial charge in [-0.05, 0) is 87.4 Å². The van der Waals surface area contributed by atoms with Gasteiger partial charge in [0.2, 0.25) is 0 Å². The Morgan fingerprint density at radius 1 is 1.00 bits per heavy atom. The van der Waals surface area contributed by atoms with Crippen LogP contribution in [0.3, 0.4) is 0 Å². The first-order chi connectivity index (χ1) is 12.9. The fourth-order valence-corrected chi connectivity index (χ4v) is 7.56. The predicted molar refractivity (Wildman–Crippen MR) is 97.3 cm³/mol. The summed E-state index contributed by atoms with van der Waals surface area (Å²) in [4.78, 5) is 23.9. The van der Waals surface area contributed by atoms with Crippen molar-refractivity contribution in [2.45, 2.75) is 90.3 Å². The molecule has 7 atom stereocenters. The molecule has 4 aliphatic rings. The zero-order chi connectivity index (χ0) is 20.5. The summed E-state index contributed by atoms with van der Waals surface area (Å²) in [6.45, 7) is 6.13. The smallest absolute Gasteiger partial charge is 0.453 e. The van der Waals surface area contributed by atoms with E-state index in [0.717, 1.165) is 38.5 Å². The monoisotopic (exact) mass is 400 g/mol. The maximum Gasteiger partial charge on any atom is 0.490 e. The second-order valence-corrected chi connectivity index (χ2v) is 10.6. The van der Waals surface area contributed by atoms with Crippen molar-refractivity contribution in [3.05, 3.63) is 0 Å². The minimum Gasteiger partial charge on any atom is -0.453 e. The standard InChI is InChI=1S/C22H31F3O3/c1-19(28-18(27)22(23,24)25)10-11-20(2)13(12-19)4-5-14-15-6-7-17(26)21(15,3)9-8-16(14)20/h13-16H,4-12H2,1-3H3/t13-,14-,15-,16-,19+,20-,21-/m0/s1. The van der Waals surface area contributed by atoms with E-state index < -0.39 is 17.7 Å². The van der Waals surface area contributed by atoms with Crippen LogP contribution in [0.4, 0.5) is 13.2 Å². The van der Waals surface area contributed by atoms with Crippen LogP contribution in [0.2, 0.25) is 0 Å². The number of rotatable bonds is 1. The van der Waals surface area contributed by atoms with Crippen molar-refractivity contribution < 1.29 is 27.5 Å². The highest BCUT2D eigenvalue weighted by Crippen LogP contribution is 2.66. The number of esters is 1. The predicted octanol–water partition coefficient (Wildman–Crippen LogP) is 5.46. The van der Waals surface area contributed by atoms with Crippen molar-refractivity contribution in [2.75, 3.05) is 0 Å². The Labute approximate surface area is 164 Å². The molecule has 0 N–H and O–H groups in total. The van der Waals surface area contributed by atoms with Crippen LogP contribution < -0.4 is 0 Å². The van der Waals surface area contributed by atoms with Crippen molar-refractivity contribution in [2.24, 2.45) is 34.5 Å². The van der Waals surface area contributed by atoms with Crippen LogP contribution in [0.5, 0.6) is 0 Å². The van der Waals surface area contributed by atoms with Crippen LogP contribution in [-0.4, -0.2) is 23.5 Å². The van der Waals surface area contributed by atoms with Crippen molar-refractivity contribution in [3.63, 3.8) is 0 Å². The maximum atomic E-state index is 12.7. The molecule has 6 heteroatoms. The van der Waals surface area contributed by atoms with Gasteiger partial charge in [-0.1, -0.05) is 13.8 Å². The lowest BCUT2D eigenvalue weighted by Crippen LogP contribution is -2.56. The topological polar surface area (TPSA) is 43.4 Å². The summed E-state index contributed by atoms with van der Waals surface area (Å²) in [5.41, 5.74) is -1.12. The number of halogens is 3. The molecule has 3 nitrogen and oxygen atoms in total. The van der Waals surface area contributed by atoms with Crippen LogP contribution in [-0.2, 0) is 14.3 Å². The minimum atomic E-state index is -4.94. The van der Waals surface area contributed by atoms with Crippen molar-refractivity contribution in [1.29, 1.82) is 0 Å². The zero-order valence-corrected chi connectivity index (χ0v) is 17.0. The molecule has 0 aromatic carbocycles. The quantitative estimate of drug-likeness (QED) is 0.549. The third-order valence-electron chi connectivity index (χ3n) is 9.22. The molecule has 0 heterocycles. The Hall–Kier alpha value is -1.07. The average Bonchev–Trinajstić information content (AvgIpc) is 2.90. The van der Waals surface area contributed by atoms with E-state index >= 15 is 0 Å². The number of fused-ring (bicyclic) bond motifs is 5. The van der Waals surface area contributed by atoms with E-state index in [1.807, 2.05) is 0 Å². The molecule has 4 saturated carbocycles. The van der Waals surface area contributed by atoms with Gasteiger partial charge in [-0.3, -0.25) is 4.79 Å². The molecular weight excluding hydrogens is 369 g/mol. The molecular formula is C22H31F3O3. The van der Waals surface area contributed by atoms with Crippen molar-refractivity contribution >= 4 is 11.8 Å². The molecule has 0 bridgehead atoms. The summed E-state index contributed by atoms with van der Waals surface area (Å²) >= 11 is 0. The molecule has 28 heavy (non-hydrogen) atoms. The second-order valence-electron chi connectivity index (χ2n) is 10.6. The summed E-state index contributed by atoms with van der Waals surface area (Å²) in [6.07, 6.45) is 2.52. The molecule has 0 aliphatic heterocycles. The summed E-state index contributed by atoms with van der Waals surface area (Å²) in [5, 5.41) is 0. The highest BCUT2D eigenvalue weighted by Gasteiger charge is 2.61. The van der Waals surface area contributed by atoms with Crippen LogP contribution in [0.25, 0.3) is 0 Å². The van der Waals surface area contributed by atoms with Crippen molar-refractivity contribution in [3.8, 4) is 0 Å². The lowest BCUT2D eigenvalue weighted by Gasteiger charge is -2.61. The number of hydrogen-bond acceptors (Lipinski definition) is 3. The number of carbonyl (C=O) groups is 2. The molecule has 0 radical (unpaired) electrons. The first kappa shape index (κ1) is 20.2. The van der Waals surface area contributed by atoms with Crippen LogP contribution in [0.15, 0.2) is 0 Å². The Morgan fingerprint density at radius 3 is 2.39 bits per heavy atom.